The van der Waals surface area contributed by atoms with E-state index in [1.807, 2.05) is 0 Å². The van der Waals surface area contributed by atoms with Gasteiger partial charge in [-0.3, -0.25) is 4.98 Å². The normalized spacial score (nSPS) is 20.5. The highest BCUT2D eigenvalue weighted by Gasteiger charge is 2.16. The number of hydrogen-bond acceptors (Lipinski definition) is 4. The molecule has 94 valence electrons. The fourth-order valence-corrected chi connectivity index (χ4v) is 1.93. The van der Waals surface area contributed by atoms with Crippen LogP contribution in [-0.2, 0) is 0 Å². The fraction of sp³-hybridized carbons (Fsp3) is 0.636. The number of alkyl halides is 2. The molecule has 0 radical (unpaired) electrons. The fourth-order valence-electron chi connectivity index (χ4n) is 1.93. The van der Waals surface area contributed by atoms with Gasteiger partial charge in [-0.1, -0.05) is 0 Å². The summed E-state index contributed by atoms with van der Waals surface area (Å²) in [5, 5.41) is 5.84. The van der Waals surface area contributed by atoms with E-state index in [0.717, 1.165) is 31.6 Å². The van der Waals surface area contributed by atoms with Gasteiger partial charge in [0.2, 0.25) is 0 Å². The summed E-state index contributed by atoms with van der Waals surface area (Å²) in [6.07, 6.45) is 3.06. The van der Waals surface area contributed by atoms with Crippen molar-refractivity contribution in [3.63, 3.8) is 0 Å². The van der Waals surface area contributed by atoms with Crippen molar-refractivity contribution in [2.45, 2.75) is 25.2 Å². The van der Waals surface area contributed by atoms with E-state index in [1.165, 1.54) is 6.20 Å². The Labute approximate surface area is 98.9 Å². The first-order valence-electron chi connectivity index (χ1n) is 5.80. The van der Waals surface area contributed by atoms with Crippen LogP contribution in [0.5, 0.6) is 0 Å². The van der Waals surface area contributed by atoms with E-state index in [9.17, 15) is 8.78 Å². The van der Waals surface area contributed by atoms with E-state index in [4.69, 9.17) is 0 Å². The lowest BCUT2D eigenvalue weighted by atomic mass is 9.97. The number of halogens is 2. The maximum absolute atomic E-state index is 12.0. The van der Waals surface area contributed by atoms with Crippen molar-refractivity contribution in [1.29, 1.82) is 0 Å². The Balaban J connectivity index is 1.92. The minimum Gasteiger partial charge on any atom is -0.363 e. The van der Waals surface area contributed by atoms with Crippen LogP contribution < -0.4 is 10.6 Å². The maximum Gasteiger partial charge on any atom is 0.255 e. The van der Waals surface area contributed by atoms with Gasteiger partial charge in [-0.25, -0.2) is 13.8 Å². The average molecular weight is 242 g/mol. The summed E-state index contributed by atoms with van der Waals surface area (Å²) in [6, 6.07) is 0. The Morgan fingerprint density at radius 2 is 2.29 bits per heavy atom. The number of hydrogen-bond donors (Lipinski definition) is 2. The molecule has 0 aliphatic carbocycles. The number of rotatable bonds is 4. The molecule has 1 aromatic rings. The molecule has 6 heteroatoms. The first-order chi connectivity index (χ1) is 8.25. The Morgan fingerprint density at radius 1 is 1.41 bits per heavy atom. The Hall–Kier alpha value is -1.30. The molecule has 17 heavy (non-hydrogen) atoms. The Bertz CT molecular complexity index is 336. The summed E-state index contributed by atoms with van der Waals surface area (Å²) in [5.74, 6) is 0.790. The molecule has 1 atom stereocenters. The molecular weight excluding hydrogens is 226 g/mol. The third-order valence-corrected chi connectivity index (χ3v) is 2.82. The van der Waals surface area contributed by atoms with Crippen LogP contribution in [0.1, 0.15) is 24.5 Å². The number of piperidine rings is 1. The summed E-state index contributed by atoms with van der Waals surface area (Å²) < 4.78 is 23.9. The highest BCUT2D eigenvalue weighted by molar-refractivity contribution is 5.31. The molecule has 1 fully saturated rings. The molecule has 1 aliphatic rings. The second-order valence-corrected chi connectivity index (χ2v) is 4.14. The molecule has 0 saturated carbocycles. The highest BCUT2D eigenvalue weighted by Crippen LogP contribution is 2.20. The van der Waals surface area contributed by atoms with Gasteiger partial charge in [-0.15, -0.1) is 0 Å². The summed E-state index contributed by atoms with van der Waals surface area (Å²) in [5.41, 5.74) is 0.930. The standard InChI is InChI=1S/C11H16F2N4/c12-10(13)6-17-11-7-15-9(5-16-11)8-2-1-3-14-4-8/h5,7-8,10,14H,1-4,6H2,(H,16,17). The maximum atomic E-state index is 12.0. The van der Waals surface area contributed by atoms with Gasteiger partial charge in [0.15, 0.2) is 0 Å². The van der Waals surface area contributed by atoms with Gasteiger partial charge in [0.05, 0.1) is 24.6 Å². The molecule has 1 aromatic heterocycles. The van der Waals surface area contributed by atoms with Crippen LogP contribution in [-0.4, -0.2) is 36.0 Å². The Kier molecular flexibility index (Phi) is 4.19. The topological polar surface area (TPSA) is 49.8 Å². The van der Waals surface area contributed by atoms with Crippen molar-refractivity contribution in [1.82, 2.24) is 15.3 Å². The molecule has 2 N–H and O–H groups in total. The molecule has 0 spiro atoms. The molecule has 1 saturated heterocycles. The molecule has 2 heterocycles. The van der Waals surface area contributed by atoms with Gasteiger partial charge in [0, 0.05) is 12.5 Å². The summed E-state index contributed by atoms with van der Waals surface area (Å²) in [7, 11) is 0. The predicted molar refractivity (Wildman–Crippen MR) is 61.4 cm³/mol. The number of nitrogens with one attached hydrogen (secondary N) is 2. The molecule has 2 rings (SSSR count). The largest absolute Gasteiger partial charge is 0.363 e. The average Bonchev–Trinajstić information content (AvgIpc) is 2.38. The molecule has 0 amide bonds. The summed E-state index contributed by atoms with van der Waals surface area (Å²) >= 11 is 0. The summed E-state index contributed by atoms with van der Waals surface area (Å²) in [6.45, 7) is 1.58. The molecule has 0 bridgehead atoms. The lowest BCUT2D eigenvalue weighted by Gasteiger charge is -2.21. The Morgan fingerprint density at radius 3 is 2.88 bits per heavy atom. The van der Waals surface area contributed by atoms with E-state index in [1.54, 1.807) is 6.20 Å². The van der Waals surface area contributed by atoms with Crippen LogP contribution in [0.15, 0.2) is 12.4 Å². The zero-order valence-corrected chi connectivity index (χ0v) is 9.50. The summed E-state index contributed by atoms with van der Waals surface area (Å²) in [4.78, 5) is 8.36. The van der Waals surface area contributed by atoms with Crippen LogP contribution in [0.4, 0.5) is 14.6 Å². The van der Waals surface area contributed by atoms with Crippen LogP contribution in [0, 0.1) is 0 Å². The zero-order valence-electron chi connectivity index (χ0n) is 9.50. The van der Waals surface area contributed by atoms with E-state index in [0.29, 0.717) is 11.7 Å². The first kappa shape index (κ1) is 12.2. The van der Waals surface area contributed by atoms with Crippen molar-refractivity contribution in [2.24, 2.45) is 0 Å². The quantitative estimate of drug-likeness (QED) is 0.842. The van der Waals surface area contributed by atoms with Crippen molar-refractivity contribution >= 4 is 5.82 Å². The van der Waals surface area contributed by atoms with Crippen molar-refractivity contribution < 1.29 is 8.78 Å². The molecular formula is C11H16F2N4. The number of anilines is 1. The van der Waals surface area contributed by atoms with Crippen LogP contribution in [0.3, 0.4) is 0 Å². The van der Waals surface area contributed by atoms with Crippen LogP contribution in [0.25, 0.3) is 0 Å². The third-order valence-electron chi connectivity index (χ3n) is 2.82. The first-order valence-corrected chi connectivity index (χ1v) is 5.80. The predicted octanol–water partition coefficient (Wildman–Crippen LogP) is 1.62. The van der Waals surface area contributed by atoms with Crippen LogP contribution >= 0.6 is 0 Å². The van der Waals surface area contributed by atoms with Gasteiger partial charge in [-0.05, 0) is 19.4 Å². The molecule has 0 aromatic carbocycles. The van der Waals surface area contributed by atoms with Crippen molar-refractivity contribution in [3.8, 4) is 0 Å². The minimum atomic E-state index is -2.38. The van der Waals surface area contributed by atoms with Gasteiger partial charge in [-0.2, -0.15) is 0 Å². The van der Waals surface area contributed by atoms with Gasteiger partial charge < -0.3 is 10.6 Å². The second-order valence-electron chi connectivity index (χ2n) is 4.14. The SMILES string of the molecule is FC(F)CNc1cnc(C2CCCNC2)cn1. The highest BCUT2D eigenvalue weighted by atomic mass is 19.3. The second kappa shape index (κ2) is 5.86. The monoisotopic (exact) mass is 242 g/mol. The number of nitrogens with zero attached hydrogens (tertiary/aromatic N) is 2. The van der Waals surface area contributed by atoms with Crippen LogP contribution in [0.2, 0.25) is 0 Å². The van der Waals surface area contributed by atoms with Gasteiger partial charge in [0.1, 0.15) is 5.82 Å². The number of aromatic nitrogens is 2. The molecule has 1 aliphatic heterocycles. The smallest absolute Gasteiger partial charge is 0.255 e. The van der Waals surface area contributed by atoms with Gasteiger partial charge in [0.25, 0.3) is 6.43 Å². The van der Waals surface area contributed by atoms with Crippen molar-refractivity contribution in [3.05, 3.63) is 18.1 Å². The van der Waals surface area contributed by atoms with Crippen molar-refractivity contribution in [2.75, 3.05) is 25.0 Å². The minimum absolute atomic E-state index is 0.389. The van der Waals surface area contributed by atoms with E-state index in [2.05, 4.69) is 20.6 Å². The van der Waals surface area contributed by atoms with E-state index in [-0.39, 0.29) is 6.54 Å². The third kappa shape index (κ3) is 3.59. The lowest BCUT2D eigenvalue weighted by Crippen LogP contribution is -2.28. The molecule has 4 nitrogen and oxygen atoms in total. The molecule has 1 unspecified atom stereocenters. The van der Waals surface area contributed by atoms with E-state index < -0.39 is 6.43 Å². The zero-order chi connectivity index (χ0) is 12.1. The lowest BCUT2D eigenvalue weighted by molar-refractivity contribution is 0.163. The van der Waals surface area contributed by atoms with Gasteiger partial charge >= 0.3 is 0 Å². The van der Waals surface area contributed by atoms with E-state index >= 15 is 0 Å².